The quantitative estimate of drug-likeness (QED) is 0.543. The molecule has 4 N–H and O–H groups in total. The van der Waals surface area contributed by atoms with Crippen LogP contribution >= 0.6 is 0 Å². The fourth-order valence-electron chi connectivity index (χ4n) is 3.26. The van der Waals surface area contributed by atoms with Crippen molar-refractivity contribution in [1.82, 2.24) is 0 Å². The molecule has 0 unspecified atom stereocenters. The Morgan fingerprint density at radius 3 is 2.38 bits per heavy atom. The highest BCUT2D eigenvalue weighted by molar-refractivity contribution is 5.15. The van der Waals surface area contributed by atoms with Crippen molar-refractivity contribution in [2.75, 3.05) is 6.61 Å². The predicted molar refractivity (Wildman–Crippen MR) is 50.0 cm³/mol. The third-order valence-corrected chi connectivity index (χ3v) is 4.51. The Balaban J connectivity index is 2.27. The Hall–Kier alpha value is -0.120. The molecule has 0 aromatic rings. The Bertz CT molecular complexity index is 229. The topological polar surface area (TPSA) is 66.5 Å². The van der Waals surface area contributed by atoms with Crippen LogP contribution in [0.5, 0.6) is 0 Å². The van der Waals surface area contributed by atoms with Gasteiger partial charge in [0.1, 0.15) is 5.60 Å². The van der Waals surface area contributed by atoms with Crippen molar-refractivity contribution in [3.8, 4) is 0 Å². The summed E-state index contributed by atoms with van der Waals surface area (Å²) in [5, 5.41) is 19.4. The maximum absolute atomic E-state index is 10.2. The molecule has 2 bridgehead atoms. The molecule has 0 amide bonds. The lowest BCUT2D eigenvalue weighted by Gasteiger charge is -2.65. The summed E-state index contributed by atoms with van der Waals surface area (Å²) in [6.45, 7) is 4.13. The first-order valence-corrected chi connectivity index (χ1v) is 5.01. The van der Waals surface area contributed by atoms with Crippen LogP contribution in [0.15, 0.2) is 0 Å². The van der Waals surface area contributed by atoms with Gasteiger partial charge < -0.3 is 15.9 Å². The maximum atomic E-state index is 10.2. The number of fused-ring (bicyclic) bond motifs is 2. The molecule has 0 aliphatic heterocycles. The minimum absolute atomic E-state index is 0.160. The molecule has 0 aromatic carbocycles. The highest BCUT2D eigenvalue weighted by atomic mass is 16.3. The highest BCUT2D eigenvalue weighted by Crippen LogP contribution is 2.62. The van der Waals surface area contributed by atoms with Gasteiger partial charge in [0, 0.05) is 6.04 Å². The van der Waals surface area contributed by atoms with Crippen LogP contribution in [-0.2, 0) is 0 Å². The van der Waals surface area contributed by atoms with Gasteiger partial charge in [-0.3, -0.25) is 0 Å². The van der Waals surface area contributed by atoms with E-state index in [1.165, 1.54) is 0 Å². The number of hydrogen-bond donors (Lipinski definition) is 3. The first kappa shape index (κ1) is 9.44. The van der Waals surface area contributed by atoms with Gasteiger partial charge in [0.05, 0.1) is 6.61 Å². The smallest absolute Gasteiger partial charge is 0.106 e. The number of nitrogens with two attached hydrogens (primary N) is 1. The first-order valence-electron chi connectivity index (χ1n) is 5.01. The van der Waals surface area contributed by atoms with E-state index in [1.54, 1.807) is 0 Å². The zero-order valence-corrected chi connectivity index (χ0v) is 8.33. The zero-order chi connectivity index (χ0) is 9.85. The van der Waals surface area contributed by atoms with Gasteiger partial charge in [-0.1, -0.05) is 13.8 Å². The second-order valence-corrected chi connectivity index (χ2v) is 5.30. The number of rotatable bonds is 1. The van der Waals surface area contributed by atoms with Crippen molar-refractivity contribution in [3.63, 3.8) is 0 Å². The molecule has 0 saturated heterocycles. The van der Waals surface area contributed by atoms with Gasteiger partial charge in [-0.15, -0.1) is 0 Å². The van der Waals surface area contributed by atoms with Gasteiger partial charge >= 0.3 is 0 Å². The average molecular weight is 185 g/mol. The Morgan fingerprint density at radius 2 is 2.00 bits per heavy atom. The van der Waals surface area contributed by atoms with E-state index in [4.69, 9.17) is 5.73 Å². The van der Waals surface area contributed by atoms with Crippen LogP contribution in [0.4, 0.5) is 0 Å². The molecule has 3 heteroatoms. The van der Waals surface area contributed by atoms with E-state index in [9.17, 15) is 10.2 Å². The van der Waals surface area contributed by atoms with E-state index in [-0.39, 0.29) is 24.0 Å². The van der Waals surface area contributed by atoms with Crippen LogP contribution in [0, 0.1) is 17.3 Å². The van der Waals surface area contributed by atoms with E-state index < -0.39 is 5.60 Å². The fraction of sp³-hybridized carbons (Fsp3) is 1.00. The Morgan fingerprint density at radius 1 is 1.38 bits per heavy atom. The zero-order valence-electron chi connectivity index (χ0n) is 8.33. The minimum Gasteiger partial charge on any atom is -0.393 e. The van der Waals surface area contributed by atoms with Crippen LogP contribution in [0.3, 0.4) is 0 Å². The Kier molecular flexibility index (Phi) is 1.79. The largest absolute Gasteiger partial charge is 0.393 e. The van der Waals surface area contributed by atoms with E-state index in [0.717, 1.165) is 12.8 Å². The lowest BCUT2D eigenvalue weighted by molar-refractivity contribution is -0.225. The molecule has 0 aromatic heterocycles. The maximum Gasteiger partial charge on any atom is 0.106 e. The molecule has 0 radical (unpaired) electrons. The van der Waals surface area contributed by atoms with Crippen molar-refractivity contribution in [2.24, 2.45) is 23.0 Å². The number of aliphatic hydroxyl groups is 2. The van der Waals surface area contributed by atoms with E-state index in [2.05, 4.69) is 13.8 Å². The number of hydrogen-bond acceptors (Lipinski definition) is 3. The van der Waals surface area contributed by atoms with Gasteiger partial charge in [-0.2, -0.15) is 0 Å². The molecule has 3 rings (SSSR count). The summed E-state index contributed by atoms with van der Waals surface area (Å²) in [5.41, 5.74) is 4.99. The van der Waals surface area contributed by atoms with Crippen LogP contribution in [-0.4, -0.2) is 28.5 Å². The summed E-state index contributed by atoms with van der Waals surface area (Å²) in [5.74, 6) is 0.818. The van der Waals surface area contributed by atoms with E-state index >= 15 is 0 Å². The van der Waals surface area contributed by atoms with Crippen molar-refractivity contribution >= 4 is 0 Å². The molecule has 3 saturated carbocycles. The summed E-state index contributed by atoms with van der Waals surface area (Å²) in [6, 6.07) is -0.241. The van der Waals surface area contributed by atoms with E-state index in [1.807, 2.05) is 0 Å². The summed E-state index contributed by atoms with van der Waals surface area (Å²) >= 11 is 0. The minimum atomic E-state index is -1.03. The second-order valence-electron chi connectivity index (χ2n) is 5.30. The van der Waals surface area contributed by atoms with Crippen LogP contribution < -0.4 is 5.73 Å². The first-order chi connectivity index (χ1) is 5.93. The monoisotopic (exact) mass is 185 g/mol. The SMILES string of the molecule is CC1(C)[C@@H]2C[C@H]1[C@](O)(CO)[C@@H](N)C2. The third-order valence-electron chi connectivity index (χ3n) is 4.51. The molecule has 4 atom stereocenters. The Labute approximate surface area is 78.9 Å². The van der Waals surface area contributed by atoms with Gasteiger partial charge in [-0.05, 0) is 30.1 Å². The van der Waals surface area contributed by atoms with Crippen molar-refractivity contribution in [3.05, 3.63) is 0 Å². The molecular formula is C10H19NO2. The summed E-state index contributed by atoms with van der Waals surface area (Å²) in [7, 11) is 0. The summed E-state index contributed by atoms with van der Waals surface area (Å²) in [4.78, 5) is 0. The predicted octanol–water partition coefficient (Wildman–Crippen LogP) is 0.103. The fourth-order valence-corrected chi connectivity index (χ4v) is 3.26. The van der Waals surface area contributed by atoms with Crippen LogP contribution in [0.2, 0.25) is 0 Å². The molecular weight excluding hydrogens is 166 g/mol. The van der Waals surface area contributed by atoms with Crippen LogP contribution in [0.25, 0.3) is 0 Å². The van der Waals surface area contributed by atoms with Gasteiger partial charge in [-0.25, -0.2) is 0 Å². The van der Waals surface area contributed by atoms with Crippen molar-refractivity contribution in [1.29, 1.82) is 0 Å². The molecule has 3 aliphatic rings. The lowest BCUT2D eigenvalue weighted by atomic mass is 9.43. The van der Waals surface area contributed by atoms with Gasteiger partial charge in [0.25, 0.3) is 0 Å². The summed E-state index contributed by atoms with van der Waals surface area (Å²) in [6.07, 6.45) is 1.87. The molecule has 3 fully saturated rings. The summed E-state index contributed by atoms with van der Waals surface area (Å²) < 4.78 is 0. The normalized spacial score (nSPS) is 52.8. The van der Waals surface area contributed by atoms with Crippen molar-refractivity contribution in [2.45, 2.75) is 38.3 Å². The molecule has 0 spiro atoms. The molecule has 76 valence electrons. The standard InChI is InChI=1S/C10H19NO2/c1-9(2)6-3-7(9)10(13,5-12)8(11)4-6/h6-8,12-13H,3-5,11H2,1-2H3/t6-,7-,8+,10-/m1/s1. The van der Waals surface area contributed by atoms with Gasteiger partial charge in [0.15, 0.2) is 0 Å². The highest BCUT2D eigenvalue weighted by Gasteiger charge is 2.63. The molecule has 0 heterocycles. The number of aliphatic hydroxyl groups excluding tert-OH is 1. The molecule has 3 nitrogen and oxygen atoms in total. The lowest BCUT2D eigenvalue weighted by Crippen LogP contribution is -2.71. The van der Waals surface area contributed by atoms with Gasteiger partial charge in [0.2, 0.25) is 0 Å². The van der Waals surface area contributed by atoms with Crippen molar-refractivity contribution < 1.29 is 10.2 Å². The third kappa shape index (κ3) is 0.953. The average Bonchev–Trinajstić information content (AvgIpc) is 2.08. The van der Waals surface area contributed by atoms with E-state index in [0.29, 0.717) is 5.92 Å². The molecule has 13 heavy (non-hydrogen) atoms. The van der Waals surface area contributed by atoms with Crippen LogP contribution in [0.1, 0.15) is 26.7 Å². The second kappa shape index (κ2) is 2.47. The molecule has 3 aliphatic carbocycles.